The third kappa shape index (κ3) is 6.35. The minimum atomic E-state index is -2.35. The summed E-state index contributed by atoms with van der Waals surface area (Å²) < 4.78 is 28.6. The van der Waals surface area contributed by atoms with Gasteiger partial charge in [0.1, 0.15) is 6.61 Å². The van der Waals surface area contributed by atoms with Crippen molar-refractivity contribution in [2.24, 2.45) is 5.92 Å². The van der Waals surface area contributed by atoms with E-state index in [9.17, 15) is 8.78 Å². The molecule has 0 bridgehead atoms. The quantitative estimate of drug-likeness (QED) is 0.726. The molecule has 96 valence electrons. The lowest BCUT2D eigenvalue weighted by Crippen LogP contribution is -2.40. The van der Waals surface area contributed by atoms with Crippen LogP contribution in [0.3, 0.4) is 0 Å². The number of alkyl halides is 2. The third-order valence-corrected chi connectivity index (χ3v) is 2.69. The van der Waals surface area contributed by atoms with Crippen LogP contribution < -0.4 is 5.32 Å². The highest BCUT2D eigenvalue weighted by Gasteiger charge is 2.12. The number of nitrogens with one attached hydrogen (secondary N) is 1. The van der Waals surface area contributed by atoms with Gasteiger partial charge in [-0.15, -0.1) is 0 Å². The van der Waals surface area contributed by atoms with E-state index in [2.05, 4.69) is 17.1 Å². The van der Waals surface area contributed by atoms with Crippen molar-refractivity contribution >= 4 is 0 Å². The molecule has 0 aromatic rings. The Balaban J connectivity index is 2.12. The first-order chi connectivity index (χ1) is 7.68. The predicted molar refractivity (Wildman–Crippen MR) is 59.9 cm³/mol. The van der Waals surface area contributed by atoms with Crippen molar-refractivity contribution in [1.29, 1.82) is 0 Å². The summed E-state index contributed by atoms with van der Waals surface area (Å²) in [5.74, 6) is 0.607. The van der Waals surface area contributed by atoms with Gasteiger partial charge in [-0.25, -0.2) is 8.78 Å². The number of ether oxygens (including phenoxy) is 1. The molecule has 1 saturated heterocycles. The van der Waals surface area contributed by atoms with Crippen LogP contribution in [-0.4, -0.2) is 57.3 Å². The van der Waals surface area contributed by atoms with Crippen molar-refractivity contribution in [3.8, 4) is 0 Å². The maximum absolute atomic E-state index is 11.8. The molecule has 1 fully saturated rings. The molecule has 5 heteroatoms. The van der Waals surface area contributed by atoms with Gasteiger partial charge in [0.15, 0.2) is 0 Å². The van der Waals surface area contributed by atoms with Gasteiger partial charge in [-0.1, -0.05) is 6.92 Å². The summed E-state index contributed by atoms with van der Waals surface area (Å²) in [6.45, 7) is 7.05. The van der Waals surface area contributed by atoms with Crippen molar-refractivity contribution in [3.63, 3.8) is 0 Å². The van der Waals surface area contributed by atoms with Gasteiger partial charge in [-0.3, -0.25) is 0 Å². The second kappa shape index (κ2) is 7.92. The van der Waals surface area contributed by atoms with Crippen LogP contribution in [0.5, 0.6) is 0 Å². The number of hydrogen-bond acceptors (Lipinski definition) is 3. The highest BCUT2D eigenvalue weighted by atomic mass is 19.3. The first-order valence-corrected chi connectivity index (χ1v) is 5.97. The van der Waals surface area contributed by atoms with E-state index >= 15 is 0 Å². The van der Waals surface area contributed by atoms with Gasteiger partial charge >= 0.3 is 0 Å². The molecule has 0 spiro atoms. The smallest absolute Gasteiger partial charge is 0.261 e. The Bertz CT molecular complexity index is 181. The number of rotatable bonds is 5. The van der Waals surface area contributed by atoms with E-state index in [4.69, 9.17) is 4.74 Å². The van der Waals surface area contributed by atoms with E-state index in [0.29, 0.717) is 12.5 Å². The van der Waals surface area contributed by atoms with Crippen LogP contribution in [0.4, 0.5) is 8.78 Å². The highest BCUT2D eigenvalue weighted by molar-refractivity contribution is 4.69. The summed E-state index contributed by atoms with van der Waals surface area (Å²) in [7, 11) is 0. The first kappa shape index (κ1) is 13.8. The van der Waals surface area contributed by atoms with Crippen LogP contribution in [0.2, 0.25) is 0 Å². The molecule has 1 N–H and O–H groups in total. The summed E-state index contributed by atoms with van der Waals surface area (Å²) >= 11 is 0. The fourth-order valence-corrected chi connectivity index (χ4v) is 1.94. The lowest BCUT2D eigenvalue weighted by molar-refractivity contribution is 0.00827. The summed E-state index contributed by atoms with van der Waals surface area (Å²) in [6.07, 6.45) is -1.24. The maximum Gasteiger partial charge on any atom is 0.261 e. The van der Waals surface area contributed by atoms with E-state index < -0.39 is 13.0 Å². The molecule has 1 aliphatic rings. The normalized spacial score (nSPS) is 24.4. The summed E-state index contributed by atoms with van der Waals surface area (Å²) in [5, 5.41) is 3.38. The second-order valence-electron chi connectivity index (χ2n) is 4.43. The topological polar surface area (TPSA) is 24.5 Å². The van der Waals surface area contributed by atoms with Crippen LogP contribution in [0.15, 0.2) is 0 Å². The summed E-state index contributed by atoms with van der Waals surface area (Å²) in [4.78, 5) is 2.30. The number of halogens is 2. The zero-order chi connectivity index (χ0) is 11.8. The fraction of sp³-hybridized carbons (Fsp3) is 1.00. The number of nitrogens with zero attached hydrogens (tertiary/aromatic N) is 1. The van der Waals surface area contributed by atoms with Gasteiger partial charge in [0.05, 0.1) is 6.61 Å². The lowest BCUT2D eigenvalue weighted by Gasteiger charge is -2.28. The SMILES string of the molecule is CC1CNCCCN(CCOCC(F)F)C1. The lowest BCUT2D eigenvalue weighted by atomic mass is 10.1. The molecular weight excluding hydrogens is 214 g/mol. The largest absolute Gasteiger partial charge is 0.374 e. The van der Waals surface area contributed by atoms with Gasteiger partial charge < -0.3 is 15.0 Å². The molecule has 0 aromatic carbocycles. The second-order valence-corrected chi connectivity index (χ2v) is 4.43. The molecule has 1 heterocycles. The van der Waals surface area contributed by atoms with Crippen LogP contribution in [0, 0.1) is 5.92 Å². The maximum atomic E-state index is 11.8. The zero-order valence-electron chi connectivity index (χ0n) is 9.92. The van der Waals surface area contributed by atoms with Crippen molar-refractivity contribution < 1.29 is 13.5 Å². The number of hydrogen-bond donors (Lipinski definition) is 1. The Morgan fingerprint density at radius 1 is 1.50 bits per heavy atom. The van der Waals surface area contributed by atoms with Crippen LogP contribution >= 0.6 is 0 Å². The van der Waals surface area contributed by atoms with Gasteiger partial charge in [-0.2, -0.15) is 0 Å². The molecule has 0 amide bonds. The monoisotopic (exact) mass is 236 g/mol. The third-order valence-electron chi connectivity index (χ3n) is 2.69. The Labute approximate surface area is 96.1 Å². The van der Waals surface area contributed by atoms with Crippen LogP contribution in [0.25, 0.3) is 0 Å². The highest BCUT2D eigenvalue weighted by Crippen LogP contribution is 2.03. The molecule has 0 aromatic heterocycles. The van der Waals surface area contributed by atoms with Gasteiger partial charge in [0.2, 0.25) is 0 Å². The predicted octanol–water partition coefficient (Wildman–Crippen LogP) is 1.20. The van der Waals surface area contributed by atoms with Gasteiger partial charge in [0, 0.05) is 13.1 Å². The Morgan fingerprint density at radius 3 is 3.06 bits per heavy atom. The fourth-order valence-electron chi connectivity index (χ4n) is 1.94. The van der Waals surface area contributed by atoms with E-state index in [1.54, 1.807) is 0 Å². The average Bonchev–Trinajstić information content (AvgIpc) is 2.19. The van der Waals surface area contributed by atoms with Crippen molar-refractivity contribution in [2.75, 3.05) is 45.9 Å². The van der Waals surface area contributed by atoms with Crippen molar-refractivity contribution in [1.82, 2.24) is 10.2 Å². The summed E-state index contributed by atoms with van der Waals surface area (Å²) in [5.41, 5.74) is 0. The molecule has 1 unspecified atom stereocenters. The zero-order valence-corrected chi connectivity index (χ0v) is 9.92. The standard InChI is InChI=1S/C11H22F2N2O/c1-10-7-14-3-2-4-15(8-10)5-6-16-9-11(12)13/h10-11,14H,2-9H2,1H3. The van der Waals surface area contributed by atoms with E-state index in [0.717, 1.165) is 39.1 Å². The first-order valence-electron chi connectivity index (χ1n) is 5.97. The Morgan fingerprint density at radius 2 is 2.31 bits per heavy atom. The molecule has 1 aliphatic heterocycles. The summed E-state index contributed by atoms with van der Waals surface area (Å²) in [6, 6.07) is 0. The molecule has 0 aliphatic carbocycles. The molecule has 1 atom stereocenters. The molecule has 3 nitrogen and oxygen atoms in total. The van der Waals surface area contributed by atoms with Crippen molar-refractivity contribution in [3.05, 3.63) is 0 Å². The molecular formula is C11H22F2N2O. The average molecular weight is 236 g/mol. The van der Waals surface area contributed by atoms with E-state index in [1.165, 1.54) is 0 Å². The minimum absolute atomic E-state index is 0.407. The van der Waals surface area contributed by atoms with Gasteiger partial charge in [-0.05, 0) is 32.0 Å². The van der Waals surface area contributed by atoms with E-state index in [1.807, 2.05) is 0 Å². The Kier molecular flexibility index (Phi) is 6.84. The molecule has 0 radical (unpaired) electrons. The Hall–Kier alpha value is -0.260. The van der Waals surface area contributed by atoms with Crippen molar-refractivity contribution in [2.45, 2.75) is 19.8 Å². The molecule has 16 heavy (non-hydrogen) atoms. The van der Waals surface area contributed by atoms with E-state index in [-0.39, 0.29) is 0 Å². The molecule has 0 saturated carbocycles. The van der Waals surface area contributed by atoms with Crippen LogP contribution in [0.1, 0.15) is 13.3 Å². The minimum Gasteiger partial charge on any atom is -0.374 e. The molecule has 1 rings (SSSR count). The van der Waals surface area contributed by atoms with Crippen LogP contribution in [-0.2, 0) is 4.74 Å². The van der Waals surface area contributed by atoms with Gasteiger partial charge in [0.25, 0.3) is 6.43 Å².